The van der Waals surface area contributed by atoms with E-state index in [1.807, 2.05) is 36.4 Å². The smallest absolute Gasteiger partial charge is 0.232 e. The quantitative estimate of drug-likeness (QED) is 0.850. The first-order chi connectivity index (χ1) is 12.7. The van der Waals surface area contributed by atoms with Gasteiger partial charge in [0, 0.05) is 48.5 Å². The van der Waals surface area contributed by atoms with Gasteiger partial charge in [-0.2, -0.15) is 0 Å². The summed E-state index contributed by atoms with van der Waals surface area (Å²) in [6.45, 7) is 0. The molecule has 2 heterocycles. The van der Waals surface area contributed by atoms with Crippen LogP contribution in [0.3, 0.4) is 0 Å². The van der Waals surface area contributed by atoms with Gasteiger partial charge in [0.05, 0.1) is 12.8 Å². The van der Waals surface area contributed by atoms with Crippen molar-refractivity contribution in [2.24, 2.45) is 0 Å². The monoisotopic (exact) mass is 348 g/mol. The molecule has 0 bridgehead atoms. The zero-order valence-corrected chi connectivity index (χ0v) is 14.6. The second kappa shape index (κ2) is 6.75. The summed E-state index contributed by atoms with van der Waals surface area (Å²) in [6, 6.07) is 11.2. The summed E-state index contributed by atoms with van der Waals surface area (Å²) in [7, 11) is 1.60. The van der Waals surface area contributed by atoms with Crippen LogP contribution in [-0.4, -0.2) is 23.8 Å². The van der Waals surface area contributed by atoms with Gasteiger partial charge in [-0.15, -0.1) is 0 Å². The predicted molar refractivity (Wildman–Crippen MR) is 98.0 cm³/mol. The predicted octanol–water partition coefficient (Wildman–Crippen LogP) is 3.62. The number of hydrogen-bond acceptors (Lipinski definition) is 4. The van der Waals surface area contributed by atoms with E-state index >= 15 is 0 Å². The zero-order valence-electron chi connectivity index (χ0n) is 14.6. The molecule has 0 N–H and O–H groups in total. The molecule has 2 aromatic rings. The van der Waals surface area contributed by atoms with Gasteiger partial charge in [-0.1, -0.05) is 12.1 Å². The van der Waals surface area contributed by atoms with Crippen LogP contribution in [0.4, 0.5) is 5.69 Å². The molecule has 26 heavy (non-hydrogen) atoms. The fourth-order valence-electron chi connectivity index (χ4n) is 3.91. The lowest BCUT2D eigenvalue weighted by molar-refractivity contribution is -0.119. The standard InChI is InChI=1S/C21H20N2O3/c1-26-16-7-2-6-15(11-16)23-18-8-3-9-19(24)21(18)17(12-20(23)25)14-5-4-10-22-13-14/h2,4-7,10-11,13,17H,3,8-9,12H2,1H3. The third-order valence-electron chi connectivity index (χ3n) is 5.07. The highest BCUT2D eigenvalue weighted by Crippen LogP contribution is 2.43. The Morgan fingerprint density at radius 1 is 1.15 bits per heavy atom. The van der Waals surface area contributed by atoms with Crippen LogP contribution in [-0.2, 0) is 9.59 Å². The fourth-order valence-corrected chi connectivity index (χ4v) is 3.91. The number of methoxy groups -OCH3 is 1. The minimum Gasteiger partial charge on any atom is -0.497 e. The van der Waals surface area contributed by atoms with Crippen molar-refractivity contribution in [2.75, 3.05) is 12.0 Å². The van der Waals surface area contributed by atoms with Gasteiger partial charge in [-0.25, -0.2) is 0 Å². The third kappa shape index (κ3) is 2.79. The Balaban J connectivity index is 1.85. The Labute approximate surface area is 152 Å². The van der Waals surface area contributed by atoms with Gasteiger partial charge in [0.2, 0.25) is 5.91 Å². The Kier molecular flexibility index (Phi) is 4.29. The van der Waals surface area contributed by atoms with Crippen molar-refractivity contribution in [3.8, 4) is 5.75 Å². The largest absolute Gasteiger partial charge is 0.497 e. The van der Waals surface area contributed by atoms with E-state index in [0.29, 0.717) is 12.2 Å². The van der Waals surface area contributed by atoms with E-state index in [1.54, 1.807) is 24.4 Å². The third-order valence-corrected chi connectivity index (χ3v) is 5.07. The highest BCUT2D eigenvalue weighted by molar-refractivity contribution is 6.07. The summed E-state index contributed by atoms with van der Waals surface area (Å²) in [5, 5.41) is 0. The molecule has 4 rings (SSSR count). The maximum atomic E-state index is 13.1. The van der Waals surface area contributed by atoms with Crippen molar-refractivity contribution in [1.29, 1.82) is 0 Å². The lowest BCUT2D eigenvalue weighted by Crippen LogP contribution is -2.40. The molecule has 1 aromatic carbocycles. The normalized spacial score (nSPS) is 20.2. The number of amides is 1. The number of allylic oxidation sites excluding steroid dienone is 2. The lowest BCUT2D eigenvalue weighted by atomic mass is 9.77. The molecule has 1 aromatic heterocycles. The van der Waals surface area contributed by atoms with Crippen LogP contribution in [0.1, 0.15) is 37.2 Å². The number of hydrogen-bond donors (Lipinski definition) is 0. The molecule has 2 aliphatic rings. The van der Waals surface area contributed by atoms with Crippen molar-refractivity contribution in [3.05, 3.63) is 65.6 Å². The summed E-state index contributed by atoms with van der Waals surface area (Å²) in [5.74, 6) is 0.621. The second-order valence-corrected chi connectivity index (χ2v) is 6.61. The number of benzene rings is 1. The van der Waals surface area contributed by atoms with Crippen LogP contribution in [0, 0.1) is 0 Å². The van der Waals surface area contributed by atoms with E-state index < -0.39 is 0 Å². The number of carbonyl (C=O) groups is 2. The maximum absolute atomic E-state index is 13.1. The molecule has 0 fully saturated rings. The summed E-state index contributed by atoms with van der Waals surface area (Å²) in [6.07, 6.45) is 5.76. The second-order valence-electron chi connectivity index (χ2n) is 6.61. The minimum atomic E-state index is -0.208. The van der Waals surface area contributed by atoms with Gasteiger partial charge >= 0.3 is 0 Å². The summed E-state index contributed by atoms with van der Waals surface area (Å²) in [4.78, 5) is 31.7. The first kappa shape index (κ1) is 16.5. The van der Waals surface area contributed by atoms with Crippen LogP contribution >= 0.6 is 0 Å². The Morgan fingerprint density at radius 2 is 2.04 bits per heavy atom. The summed E-state index contributed by atoms with van der Waals surface area (Å²) >= 11 is 0. The first-order valence-corrected chi connectivity index (χ1v) is 8.82. The van der Waals surface area contributed by atoms with E-state index in [-0.39, 0.29) is 24.0 Å². The number of aromatic nitrogens is 1. The highest BCUT2D eigenvalue weighted by atomic mass is 16.5. The van der Waals surface area contributed by atoms with E-state index in [1.165, 1.54) is 0 Å². The first-order valence-electron chi connectivity index (χ1n) is 8.82. The molecule has 0 saturated heterocycles. The Bertz CT molecular complexity index is 889. The summed E-state index contributed by atoms with van der Waals surface area (Å²) in [5.41, 5.74) is 3.28. The molecule has 0 saturated carbocycles. The average Bonchev–Trinajstić information content (AvgIpc) is 2.68. The van der Waals surface area contributed by atoms with Crippen LogP contribution in [0.25, 0.3) is 0 Å². The SMILES string of the molecule is COc1cccc(N2C(=O)CC(c3cccnc3)C3=C2CCCC3=O)c1. The van der Waals surface area contributed by atoms with E-state index in [2.05, 4.69) is 4.98 Å². The fraction of sp³-hybridized carbons (Fsp3) is 0.286. The van der Waals surface area contributed by atoms with Crippen molar-refractivity contribution in [2.45, 2.75) is 31.6 Å². The molecule has 0 radical (unpaired) electrons. The maximum Gasteiger partial charge on any atom is 0.232 e. The number of nitrogens with zero attached hydrogens (tertiary/aromatic N) is 2. The number of ether oxygens (including phenoxy) is 1. The molecule has 1 amide bonds. The molecule has 5 nitrogen and oxygen atoms in total. The van der Waals surface area contributed by atoms with Gasteiger partial charge < -0.3 is 4.74 Å². The number of rotatable bonds is 3. The number of pyridine rings is 1. The number of Topliss-reactive ketones (excluding diaryl/α,β-unsaturated/α-hetero) is 1. The molecule has 1 aliphatic carbocycles. The molecule has 132 valence electrons. The van der Waals surface area contributed by atoms with Gasteiger partial charge in [-0.05, 0) is 36.6 Å². The van der Waals surface area contributed by atoms with Crippen molar-refractivity contribution in [1.82, 2.24) is 4.98 Å². The van der Waals surface area contributed by atoms with E-state index in [0.717, 1.165) is 35.4 Å². The molecule has 1 unspecified atom stereocenters. The van der Waals surface area contributed by atoms with Gasteiger partial charge in [0.1, 0.15) is 5.75 Å². The molecule has 1 aliphatic heterocycles. The average molecular weight is 348 g/mol. The topological polar surface area (TPSA) is 59.5 Å². The number of anilines is 1. The molecule has 1 atom stereocenters. The van der Waals surface area contributed by atoms with Crippen molar-refractivity contribution < 1.29 is 14.3 Å². The van der Waals surface area contributed by atoms with Crippen LogP contribution in [0.2, 0.25) is 0 Å². The molecule has 5 heteroatoms. The Hall–Kier alpha value is -2.95. The number of ketones is 1. The molecular weight excluding hydrogens is 328 g/mol. The summed E-state index contributed by atoms with van der Waals surface area (Å²) < 4.78 is 5.30. The van der Waals surface area contributed by atoms with E-state index in [9.17, 15) is 9.59 Å². The molecular formula is C21H20N2O3. The van der Waals surface area contributed by atoms with Gasteiger partial charge in [0.25, 0.3) is 0 Å². The van der Waals surface area contributed by atoms with Gasteiger partial charge in [-0.3, -0.25) is 19.5 Å². The van der Waals surface area contributed by atoms with Gasteiger partial charge in [0.15, 0.2) is 5.78 Å². The lowest BCUT2D eigenvalue weighted by Gasteiger charge is -2.38. The van der Waals surface area contributed by atoms with Crippen LogP contribution in [0.15, 0.2) is 60.1 Å². The Morgan fingerprint density at radius 3 is 2.81 bits per heavy atom. The number of carbonyl (C=O) groups excluding carboxylic acids is 2. The van der Waals surface area contributed by atoms with Crippen molar-refractivity contribution in [3.63, 3.8) is 0 Å². The van der Waals surface area contributed by atoms with Crippen LogP contribution < -0.4 is 9.64 Å². The minimum absolute atomic E-state index is 0.000515. The zero-order chi connectivity index (χ0) is 18.1. The highest BCUT2D eigenvalue weighted by Gasteiger charge is 2.39. The molecule has 0 spiro atoms. The van der Waals surface area contributed by atoms with E-state index in [4.69, 9.17) is 4.74 Å². The van der Waals surface area contributed by atoms with Crippen molar-refractivity contribution >= 4 is 17.4 Å². The van der Waals surface area contributed by atoms with Crippen LogP contribution in [0.5, 0.6) is 5.75 Å².